The van der Waals surface area contributed by atoms with Gasteiger partial charge in [0.05, 0.1) is 16.0 Å². The summed E-state index contributed by atoms with van der Waals surface area (Å²) in [6, 6.07) is 9.90. The maximum absolute atomic E-state index is 14.2. The van der Waals surface area contributed by atoms with Gasteiger partial charge in [-0.05, 0) is 31.2 Å². The predicted octanol–water partition coefficient (Wildman–Crippen LogP) is 4.09. The van der Waals surface area contributed by atoms with Crippen molar-refractivity contribution in [2.75, 3.05) is 5.32 Å². The van der Waals surface area contributed by atoms with E-state index in [1.165, 1.54) is 30.0 Å². The summed E-state index contributed by atoms with van der Waals surface area (Å²) in [5.74, 6) is 0.675. The number of aryl methyl sites for hydroxylation is 1. The second-order valence-electron chi connectivity index (χ2n) is 5.34. The van der Waals surface area contributed by atoms with Crippen molar-refractivity contribution in [3.05, 3.63) is 53.9 Å². The van der Waals surface area contributed by atoms with Crippen LogP contribution < -0.4 is 5.32 Å². The minimum atomic E-state index is -0.465. The van der Waals surface area contributed by atoms with E-state index in [0.29, 0.717) is 32.8 Å². The lowest BCUT2D eigenvalue weighted by Gasteiger charge is -2.08. The zero-order chi connectivity index (χ0) is 18.8. The number of aromatic nitrogens is 5. The molecular formula is C17H10FN7S2. The number of nitrogens with zero attached hydrogens (tertiary/aromatic N) is 6. The van der Waals surface area contributed by atoms with Crippen LogP contribution in [-0.2, 0) is 0 Å². The molecule has 1 aromatic carbocycles. The van der Waals surface area contributed by atoms with E-state index in [4.69, 9.17) is 0 Å². The molecule has 0 spiro atoms. The number of nitrogens with one attached hydrogen (secondary N) is 1. The van der Waals surface area contributed by atoms with Crippen molar-refractivity contribution in [3.63, 3.8) is 0 Å². The first-order valence-electron chi connectivity index (χ1n) is 7.69. The molecular weight excluding hydrogens is 385 g/mol. The minimum absolute atomic E-state index is 0.234. The molecule has 0 fully saturated rings. The van der Waals surface area contributed by atoms with Gasteiger partial charge in [-0.1, -0.05) is 17.8 Å². The van der Waals surface area contributed by atoms with Gasteiger partial charge in [-0.2, -0.15) is 9.64 Å². The quantitative estimate of drug-likeness (QED) is 0.551. The normalized spacial score (nSPS) is 10.7. The van der Waals surface area contributed by atoms with E-state index in [1.54, 1.807) is 25.1 Å². The average Bonchev–Trinajstić information content (AvgIpc) is 3.08. The highest BCUT2D eigenvalue weighted by Gasteiger charge is 2.13. The molecule has 0 unspecified atom stereocenters. The Labute approximate surface area is 161 Å². The first-order valence-corrected chi connectivity index (χ1v) is 9.28. The Balaban J connectivity index is 1.74. The van der Waals surface area contributed by atoms with Crippen LogP contribution in [0.15, 0.2) is 46.6 Å². The molecule has 4 rings (SSSR count). The molecule has 0 aliphatic heterocycles. The predicted molar refractivity (Wildman–Crippen MR) is 100 cm³/mol. The van der Waals surface area contributed by atoms with Gasteiger partial charge in [-0.15, -0.1) is 0 Å². The highest BCUT2D eigenvalue weighted by Crippen LogP contribution is 2.33. The maximum Gasteiger partial charge on any atom is 0.208 e. The summed E-state index contributed by atoms with van der Waals surface area (Å²) in [5, 5.41) is 13.4. The highest BCUT2D eigenvalue weighted by atomic mass is 32.2. The SMILES string of the molecule is Cc1nsc(Nc2ncnc3ccc(Sc4c(F)cccc4C#N)nc23)n1. The highest BCUT2D eigenvalue weighted by molar-refractivity contribution is 7.99. The lowest BCUT2D eigenvalue weighted by atomic mass is 10.2. The van der Waals surface area contributed by atoms with E-state index in [-0.39, 0.29) is 10.5 Å². The summed E-state index contributed by atoms with van der Waals surface area (Å²) in [4.78, 5) is 17.5. The van der Waals surface area contributed by atoms with Gasteiger partial charge in [0.2, 0.25) is 5.13 Å². The third-order valence-electron chi connectivity index (χ3n) is 3.50. The van der Waals surface area contributed by atoms with Crippen LogP contribution in [0, 0.1) is 24.1 Å². The Kier molecular flexibility index (Phi) is 4.62. The number of fused-ring (bicyclic) bond motifs is 1. The summed E-state index contributed by atoms with van der Waals surface area (Å²) >= 11 is 2.30. The second-order valence-corrected chi connectivity index (χ2v) is 7.12. The summed E-state index contributed by atoms with van der Waals surface area (Å²) < 4.78 is 18.3. The molecule has 10 heteroatoms. The Morgan fingerprint density at radius 2 is 2.07 bits per heavy atom. The molecule has 0 amide bonds. The number of rotatable bonds is 4. The molecule has 0 radical (unpaired) electrons. The fourth-order valence-electron chi connectivity index (χ4n) is 2.32. The van der Waals surface area contributed by atoms with Crippen LogP contribution in [0.3, 0.4) is 0 Å². The molecule has 27 heavy (non-hydrogen) atoms. The lowest BCUT2D eigenvalue weighted by Crippen LogP contribution is -1.98. The third kappa shape index (κ3) is 3.55. The minimum Gasteiger partial charge on any atom is -0.313 e. The molecule has 4 aromatic rings. The number of hydrogen-bond donors (Lipinski definition) is 1. The first-order chi connectivity index (χ1) is 13.1. The van der Waals surface area contributed by atoms with Crippen molar-refractivity contribution in [2.24, 2.45) is 0 Å². The van der Waals surface area contributed by atoms with Gasteiger partial charge in [-0.25, -0.2) is 24.3 Å². The summed E-state index contributed by atoms with van der Waals surface area (Å²) in [5.41, 5.74) is 1.41. The largest absolute Gasteiger partial charge is 0.313 e. The van der Waals surface area contributed by atoms with Gasteiger partial charge >= 0.3 is 0 Å². The Bertz CT molecular complexity index is 1190. The van der Waals surface area contributed by atoms with Gasteiger partial charge < -0.3 is 5.32 Å². The topological polar surface area (TPSA) is 100 Å². The molecule has 3 heterocycles. The smallest absolute Gasteiger partial charge is 0.208 e. The van der Waals surface area contributed by atoms with Crippen molar-refractivity contribution >= 4 is 45.3 Å². The molecule has 7 nitrogen and oxygen atoms in total. The summed E-state index contributed by atoms with van der Waals surface area (Å²) in [6.45, 7) is 1.80. The molecule has 0 bridgehead atoms. The van der Waals surface area contributed by atoms with Crippen LogP contribution in [0.5, 0.6) is 0 Å². The molecule has 0 saturated carbocycles. The lowest BCUT2D eigenvalue weighted by molar-refractivity contribution is 0.601. The zero-order valence-electron chi connectivity index (χ0n) is 13.8. The van der Waals surface area contributed by atoms with Crippen LogP contribution in [-0.4, -0.2) is 24.3 Å². The van der Waals surface area contributed by atoms with Crippen molar-refractivity contribution in [1.29, 1.82) is 5.26 Å². The van der Waals surface area contributed by atoms with Gasteiger partial charge in [-0.3, -0.25) is 0 Å². The monoisotopic (exact) mass is 395 g/mol. The van der Waals surface area contributed by atoms with E-state index < -0.39 is 5.82 Å². The van der Waals surface area contributed by atoms with Crippen molar-refractivity contribution in [3.8, 4) is 6.07 Å². The van der Waals surface area contributed by atoms with E-state index in [1.807, 2.05) is 6.07 Å². The van der Waals surface area contributed by atoms with Crippen LogP contribution in [0.25, 0.3) is 11.0 Å². The van der Waals surface area contributed by atoms with Crippen LogP contribution in [0.4, 0.5) is 15.3 Å². The van der Waals surface area contributed by atoms with Gasteiger partial charge in [0, 0.05) is 11.5 Å². The Hall–Kier alpha value is -3.16. The summed E-state index contributed by atoms with van der Waals surface area (Å²) in [7, 11) is 0. The van der Waals surface area contributed by atoms with Gasteiger partial charge in [0.25, 0.3) is 0 Å². The van der Waals surface area contributed by atoms with Crippen molar-refractivity contribution in [2.45, 2.75) is 16.8 Å². The third-order valence-corrected chi connectivity index (χ3v) is 5.28. The van der Waals surface area contributed by atoms with Crippen LogP contribution in [0.1, 0.15) is 11.4 Å². The van der Waals surface area contributed by atoms with Gasteiger partial charge in [0.15, 0.2) is 5.82 Å². The Morgan fingerprint density at radius 1 is 1.19 bits per heavy atom. The maximum atomic E-state index is 14.2. The first kappa shape index (κ1) is 17.3. The van der Waals surface area contributed by atoms with Crippen molar-refractivity contribution in [1.82, 2.24) is 24.3 Å². The average molecular weight is 395 g/mol. The number of nitriles is 1. The molecule has 0 aliphatic carbocycles. The number of anilines is 2. The summed E-state index contributed by atoms with van der Waals surface area (Å²) in [6.07, 6.45) is 1.43. The fourth-order valence-corrected chi connectivity index (χ4v) is 3.77. The van der Waals surface area contributed by atoms with E-state index in [0.717, 1.165) is 11.8 Å². The number of pyridine rings is 1. The number of hydrogen-bond acceptors (Lipinski definition) is 9. The number of benzene rings is 1. The molecule has 1 N–H and O–H groups in total. The Morgan fingerprint density at radius 3 is 2.85 bits per heavy atom. The van der Waals surface area contributed by atoms with E-state index in [2.05, 4.69) is 29.6 Å². The molecule has 0 atom stereocenters. The molecule has 132 valence electrons. The van der Waals surface area contributed by atoms with Crippen molar-refractivity contribution < 1.29 is 4.39 Å². The second kappa shape index (κ2) is 7.22. The van der Waals surface area contributed by atoms with E-state index >= 15 is 0 Å². The van der Waals surface area contributed by atoms with Gasteiger partial charge in [0.1, 0.15) is 34.6 Å². The fraction of sp³-hybridized carbons (Fsp3) is 0.0588. The molecule has 0 saturated heterocycles. The standard InChI is InChI=1S/C17H10FN7S2/c1-9-22-17(27-25-9)24-16-14-12(20-8-21-16)5-6-13(23-14)26-15-10(7-19)3-2-4-11(15)18/h2-6,8H,1H3,(H,20,21,22,24,25). The zero-order valence-corrected chi connectivity index (χ0v) is 15.5. The molecule has 0 aliphatic rings. The van der Waals surface area contributed by atoms with Crippen LogP contribution in [0.2, 0.25) is 0 Å². The number of halogens is 1. The van der Waals surface area contributed by atoms with Crippen LogP contribution >= 0.6 is 23.3 Å². The van der Waals surface area contributed by atoms with E-state index in [9.17, 15) is 9.65 Å². The molecule has 3 aromatic heterocycles.